The standard InChI is InChI=1S/2C2H4O2.Cd.2H2O/c2*1-2(3)4;;;/h2*1H3,(H,3,4);;2*1H2. The number of hydrogen-bond acceptors (Lipinski definition) is 2. The van der Waals surface area contributed by atoms with Gasteiger partial charge in [0, 0.05) is 41.1 Å². The van der Waals surface area contributed by atoms with Crippen molar-refractivity contribution in [3.8, 4) is 0 Å². The largest absolute Gasteiger partial charge is 0.481 e. The van der Waals surface area contributed by atoms with Crippen molar-refractivity contribution in [1.29, 1.82) is 0 Å². The molecule has 0 aromatic rings. The molecule has 0 aromatic carbocycles. The van der Waals surface area contributed by atoms with Gasteiger partial charge in [-0.1, -0.05) is 0 Å². The van der Waals surface area contributed by atoms with Gasteiger partial charge in [0.1, 0.15) is 0 Å². The molecule has 7 heteroatoms. The van der Waals surface area contributed by atoms with Crippen LogP contribution in [-0.4, -0.2) is 33.1 Å². The van der Waals surface area contributed by atoms with E-state index in [1.165, 1.54) is 0 Å². The molecule has 0 bridgehead atoms. The van der Waals surface area contributed by atoms with Crippen molar-refractivity contribution in [2.24, 2.45) is 0 Å². The van der Waals surface area contributed by atoms with Gasteiger partial charge in [-0.05, 0) is 0 Å². The summed E-state index contributed by atoms with van der Waals surface area (Å²) in [5.74, 6) is -1.67. The maximum atomic E-state index is 9.00. The summed E-state index contributed by atoms with van der Waals surface area (Å²) in [5.41, 5.74) is 0. The Kier molecular flexibility index (Phi) is 63.3. The maximum Gasteiger partial charge on any atom is 0.300 e. The normalized spacial score (nSPS) is 4.55. The zero-order valence-corrected chi connectivity index (χ0v) is 10.5. The van der Waals surface area contributed by atoms with Crippen molar-refractivity contribution < 1.29 is 58.1 Å². The molecule has 66 valence electrons. The Morgan fingerprint density at radius 3 is 0.909 bits per heavy atom. The van der Waals surface area contributed by atoms with Crippen molar-refractivity contribution in [3.05, 3.63) is 0 Å². The van der Waals surface area contributed by atoms with Crippen molar-refractivity contribution >= 4 is 11.9 Å². The summed E-state index contributed by atoms with van der Waals surface area (Å²) in [6.45, 7) is 2.17. The number of carboxylic acids is 2. The summed E-state index contributed by atoms with van der Waals surface area (Å²) in [6.07, 6.45) is 0. The van der Waals surface area contributed by atoms with E-state index < -0.39 is 11.9 Å². The molecule has 0 aliphatic carbocycles. The van der Waals surface area contributed by atoms with Gasteiger partial charge in [-0.3, -0.25) is 9.59 Å². The summed E-state index contributed by atoms with van der Waals surface area (Å²) in [5, 5.41) is 14.8. The molecule has 0 rings (SSSR count). The minimum atomic E-state index is -0.833. The minimum absolute atomic E-state index is 0. The third-order valence-corrected chi connectivity index (χ3v) is 0. The first kappa shape index (κ1) is 30.9. The van der Waals surface area contributed by atoms with Gasteiger partial charge < -0.3 is 21.2 Å². The van der Waals surface area contributed by atoms with E-state index in [0.29, 0.717) is 0 Å². The molecule has 11 heavy (non-hydrogen) atoms. The van der Waals surface area contributed by atoms with Crippen LogP contribution in [0.3, 0.4) is 0 Å². The first-order chi connectivity index (χ1) is 3.46. The Balaban J connectivity index is -0.0000000171. The second kappa shape index (κ2) is 22.6. The van der Waals surface area contributed by atoms with E-state index in [0.717, 1.165) is 13.8 Å². The predicted molar refractivity (Wildman–Crippen MR) is 33.8 cm³/mol. The molecule has 0 fully saturated rings. The Hall–Kier alpha value is -0.218. The van der Waals surface area contributed by atoms with Crippen LogP contribution < -0.4 is 0 Å². The van der Waals surface area contributed by atoms with Crippen LogP contribution in [0.1, 0.15) is 13.8 Å². The van der Waals surface area contributed by atoms with Gasteiger partial charge >= 0.3 is 0 Å². The van der Waals surface area contributed by atoms with E-state index in [1.54, 1.807) is 0 Å². The summed E-state index contributed by atoms with van der Waals surface area (Å²) in [4.78, 5) is 18.0. The van der Waals surface area contributed by atoms with Crippen LogP contribution in [0.25, 0.3) is 0 Å². The number of rotatable bonds is 0. The number of carbonyl (C=O) groups is 2. The Morgan fingerprint density at radius 2 is 0.909 bits per heavy atom. The fraction of sp³-hybridized carbons (Fsp3) is 0.500. The van der Waals surface area contributed by atoms with Crippen LogP contribution in [0, 0.1) is 0 Å². The molecule has 6 N–H and O–H groups in total. The molecule has 0 heterocycles. The van der Waals surface area contributed by atoms with Crippen molar-refractivity contribution in [3.63, 3.8) is 0 Å². The van der Waals surface area contributed by atoms with Crippen LogP contribution >= 0.6 is 0 Å². The molecule has 6 nitrogen and oxygen atoms in total. The van der Waals surface area contributed by atoms with Gasteiger partial charge in [0.2, 0.25) is 0 Å². The molecule has 0 saturated heterocycles. The summed E-state index contributed by atoms with van der Waals surface area (Å²) < 4.78 is 0. The third-order valence-electron chi connectivity index (χ3n) is 0. The number of hydrogen-bond donors (Lipinski definition) is 2. The zero-order chi connectivity index (χ0) is 7.15. The van der Waals surface area contributed by atoms with Gasteiger partial charge in [0.25, 0.3) is 11.9 Å². The summed E-state index contributed by atoms with van der Waals surface area (Å²) >= 11 is 0. The Morgan fingerprint density at radius 1 is 0.909 bits per heavy atom. The van der Waals surface area contributed by atoms with Crippen LogP contribution in [0.2, 0.25) is 0 Å². The quantitative estimate of drug-likeness (QED) is 0.518. The molecular formula is C4H12CdO6. The summed E-state index contributed by atoms with van der Waals surface area (Å²) in [7, 11) is 0. The van der Waals surface area contributed by atoms with E-state index in [9.17, 15) is 0 Å². The van der Waals surface area contributed by atoms with Gasteiger partial charge in [-0.2, -0.15) is 0 Å². The molecule has 0 radical (unpaired) electrons. The SMILES string of the molecule is CC(=O)O.CC(=O)O.O.O.[Cd]. The van der Waals surface area contributed by atoms with Crippen LogP contribution in [-0.2, 0) is 36.9 Å². The summed E-state index contributed by atoms with van der Waals surface area (Å²) in [6, 6.07) is 0. The first-order valence-corrected chi connectivity index (χ1v) is 1.86. The van der Waals surface area contributed by atoms with Crippen LogP contribution in [0.5, 0.6) is 0 Å². The molecule has 0 aliphatic heterocycles. The van der Waals surface area contributed by atoms with Gasteiger partial charge in [-0.15, -0.1) is 0 Å². The minimum Gasteiger partial charge on any atom is -0.481 e. The molecule has 0 aromatic heterocycles. The molecule has 0 saturated carbocycles. The molecule has 0 aliphatic rings. The topological polar surface area (TPSA) is 138 Å². The van der Waals surface area contributed by atoms with Gasteiger partial charge in [0.15, 0.2) is 0 Å². The van der Waals surface area contributed by atoms with E-state index >= 15 is 0 Å². The molecule has 0 amide bonds. The molecule has 0 atom stereocenters. The van der Waals surface area contributed by atoms with Crippen molar-refractivity contribution in [1.82, 2.24) is 0 Å². The van der Waals surface area contributed by atoms with Crippen molar-refractivity contribution in [2.75, 3.05) is 0 Å². The maximum absolute atomic E-state index is 9.00. The average Bonchev–Trinajstić information content (AvgIpc) is 1.25. The second-order valence-corrected chi connectivity index (χ2v) is 1.04. The molecular weight excluding hydrogens is 256 g/mol. The average molecular weight is 269 g/mol. The Bertz CT molecular complexity index is 72.6. The van der Waals surface area contributed by atoms with Crippen LogP contribution in [0.15, 0.2) is 0 Å². The van der Waals surface area contributed by atoms with Gasteiger partial charge in [0.05, 0.1) is 0 Å². The predicted octanol–water partition coefficient (Wildman–Crippen LogP) is -1.47. The first-order valence-electron chi connectivity index (χ1n) is 1.86. The van der Waals surface area contributed by atoms with E-state index in [2.05, 4.69) is 0 Å². The smallest absolute Gasteiger partial charge is 0.300 e. The second-order valence-electron chi connectivity index (χ2n) is 1.04. The monoisotopic (exact) mass is 270 g/mol. The van der Waals surface area contributed by atoms with Gasteiger partial charge in [-0.25, -0.2) is 0 Å². The number of aliphatic carboxylic acids is 2. The van der Waals surface area contributed by atoms with Crippen molar-refractivity contribution in [2.45, 2.75) is 13.8 Å². The fourth-order valence-electron chi connectivity index (χ4n) is 0. The fourth-order valence-corrected chi connectivity index (χ4v) is 0. The van der Waals surface area contributed by atoms with E-state index in [4.69, 9.17) is 19.8 Å². The third kappa shape index (κ3) is 12500. The van der Waals surface area contributed by atoms with E-state index in [-0.39, 0.29) is 38.3 Å². The van der Waals surface area contributed by atoms with Crippen LogP contribution in [0.4, 0.5) is 0 Å². The molecule has 0 spiro atoms. The molecule has 0 unspecified atom stereocenters. The Labute approximate surface area is 84.0 Å². The van der Waals surface area contributed by atoms with E-state index in [1.807, 2.05) is 0 Å². The number of carboxylic acid groups (broad SMARTS) is 2. The zero-order valence-electron chi connectivity index (χ0n) is 6.42.